The molecule has 0 aliphatic carbocycles. The Morgan fingerprint density at radius 3 is 2.53 bits per heavy atom. The Labute approximate surface area is 91.1 Å². The van der Waals surface area contributed by atoms with Crippen molar-refractivity contribution in [2.75, 3.05) is 7.11 Å². The Hall–Kier alpha value is -0.930. The van der Waals surface area contributed by atoms with Gasteiger partial charge in [0.1, 0.15) is 0 Å². The molecule has 0 bridgehead atoms. The van der Waals surface area contributed by atoms with Crippen molar-refractivity contribution >= 4 is 0 Å². The first kappa shape index (κ1) is 12.1. The van der Waals surface area contributed by atoms with Gasteiger partial charge in [0.25, 0.3) is 0 Å². The molecule has 3 heteroatoms. The highest BCUT2D eigenvalue weighted by Crippen LogP contribution is 2.23. The molecular weight excluding hydrogens is 190 g/mol. The minimum Gasteiger partial charge on any atom is -0.388 e. The van der Waals surface area contributed by atoms with Crippen LogP contribution in [0.3, 0.4) is 0 Å². The lowest BCUT2D eigenvalue weighted by Crippen LogP contribution is -2.23. The van der Waals surface area contributed by atoms with E-state index in [9.17, 15) is 5.11 Å². The van der Waals surface area contributed by atoms with E-state index in [0.29, 0.717) is 6.42 Å². The van der Waals surface area contributed by atoms with Crippen LogP contribution in [0.2, 0.25) is 0 Å². The van der Waals surface area contributed by atoms with Crippen molar-refractivity contribution in [1.82, 2.24) is 4.98 Å². The largest absolute Gasteiger partial charge is 0.388 e. The van der Waals surface area contributed by atoms with Crippen molar-refractivity contribution in [1.29, 1.82) is 0 Å². The quantitative estimate of drug-likeness (QED) is 0.809. The third kappa shape index (κ3) is 3.98. The van der Waals surface area contributed by atoms with Gasteiger partial charge in [0.05, 0.1) is 11.7 Å². The summed E-state index contributed by atoms with van der Waals surface area (Å²) >= 11 is 0. The molecule has 0 aliphatic rings. The van der Waals surface area contributed by atoms with Crippen LogP contribution < -0.4 is 0 Å². The lowest BCUT2D eigenvalue weighted by molar-refractivity contribution is 0.00278. The topological polar surface area (TPSA) is 42.4 Å². The normalized spacial score (nSPS) is 13.9. The molecule has 0 spiro atoms. The molecule has 1 N–H and O–H groups in total. The van der Waals surface area contributed by atoms with Crippen LogP contribution in [0.5, 0.6) is 0 Å². The summed E-state index contributed by atoms with van der Waals surface area (Å²) in [6.45, 7) is 4.04. The van der Waals surface area contributed by atoms with Crippen molar-refractivity contribution in [3.05, 3.63) is 30.1 Å². The van der Waals surface area contributed by atoms with Gasteiger partial charge in [0, 0.05) is 19.5 Å². The number of pyridine rings is 1. The third-order valence-corrected chi connectivity index (χ3v) is 2.66. The minimum absolute atomic E-state index is 0.173. The standard InChI is InChI=1S/C12H19NO2/c1-12(2,15-3)7-4-11(14)10-5-8-13-9-6-10/h5-6,8-9,11,14H,4,7H2,1-3H3. The molecule has 1 aromatic rings. The predicted octanol–water partition coefficient (Wildman–Crippen LogP) is 2.32. The Balaban J connectivity index is 2.47. The molecule has 1 unspecified atom stereocenters. The highest BCUT2D eigenvalue weighted by molar-refractivity contribution is 5.12. The summed E-state index contributed by atoms with van der Waals surface area (Å²) in [5, 5.41) is 9.90. The fraction of sp³-hybridized carbons (Fsp3) is 0.583. The Morgan fingerprint density at radius 1 is 1.40 bits per heavy atom. The summed E-state index contributed by atoms with van der Waals surface area (Å²) in [5.74, 6) is 0. The maximum atomic E-state index is 9.90. The first-order chi connectivity index (χ1) is 7.05. The highest BCUT2D eigenvalue weighted by atomic mass is 16.5. The monoisotopic (exact) mass is 209 g/mol. The number of aliphatic hydroxyl groups excluding tert-OH is 1. The van der Waals surface area contributed by atoms with Gasteiger partial charge in [-0.1, -0.05) is 0 Å². The van der Waals surface area contributed by atoms with Crippen LogP contribution in [0.1, 0.15) is 38.4 Å². The van der Waals surface area contributed by atoms with Gasteiger partial charge in [-0.2, -0.15) is 0 Å². The smallest absolute Gasteiger partial charge is 0.0792 e. The van der Waals surface area contributed by atoms with Crippen LogP contribution >= 0.6 is 0 Å². The molecule has 0 saturated carbocycles. The van der Waals surface area contributed by atoms with Crippen LogP contribution in [0.25, 0.3) is 0 Å². The zero-order valence-corrected chi connectivity index (χ0v) is 9.60. The third-order valence-electron chi connectivity index (χ3n) is 2.66. The van der Waals surface area contributed by atoms with Crippen LogP contribution in [-0.2, 0) is 4.74 Å². The Kier molecular flexibility index (Phi) is 4.24. The first-order valence-electron chi connectivity index (χ1n) is 5.18. The van der Waals surface area contributed by atoms with Gasteiger partial charge in [-0.15, -0.1) is 0 Å². The van der Waals surface area contributed by atoms with Gasteiger partial charge < -0.3 is 9.84 Å². The van der Waals surface area contributed by atoms with E-state index in [4.69, 9.17) is 4.74 Å². The fourth-order valence-electron chi connectivity index (χ4n) is 1.34. The summed E-state index contributed by atoms with van der Waals surface area (Å²) in [7, 11) is 1.69. The molecule has 0 fully saturated rings. The summed E-state index contributed by atoms with van der Waals surface area (Å²) in [4.78, 5) is 3.92. The van der Waals surface area contributed by atoms with E-state index >= 15 is 0 Å². The van der Waals surface area contributed by atoms with Crippen LogP contribution in [0.4, 0.5) is 0 Å². The number of hydrogen-bond donors (Lipinski definition) is 1. The van der Waals surface area contributed by atoms with Crippen molar-refractivity contribution < 1.29 is 9.84 Å². The molecule has 0 amide bonds. The van der Waals surface area contributed by atoms with E-state index in [2.05, 4.69) is 4.98 Å². The van der Waals surface area contributed by atoms with E-state index in [0.717, 1.165) is 12.0 Å². The van der Waals surface area contributed by atoms with Gasteiger partial charge in [0.2, 0.25) is 0 Å². The number of aromatic nitrogens is 1. The Bertz CT molecular complexity index is 285. The van der Waals surface area contributed by atoms with Crippen LogP contribution in [0.15, 0.2) is 24.5 Å². The van der Waals surface area contributed by atoms with Crippen molar-refractivity contribution in [3.63, 3.8) is 0 Å². The van der Waals surface area contributed by atoms with Crippen LogP contribution in [-0.4, -0.2) is 22.8 Å². The van der Waals surface area contributed by atoms with Gasteiger partial charge >= 0.3 is 0 Å². The summed E-state index contributed by atoms with van der Waals surface area (Å²) in [6, 6.07) is 3.68. The summed E-state index contributed by atoms with van der Waals surface area (Å²) < 4.78 is 5.30. The lowest BCUT2D eigenvalue weighted by atomic mass is 9.97. The number of rotatable bonds is 5. The summed E-state index contributed by atoms with van der Waals surface area (Å²) in [5.41, 5.74) is 0.741. The van der Waals surface area contributed by atoms with Gasteiger partial charge in [0.15, 0.2) is 0 Å². The number of methoxy groups -OCH3 is 1. The highest BCUT2D eigenvalue weighted by Gasteiger charge is 2.18. The molecule has 84 valence electrons. The maximum absolute atomic E-state index is 9.90. The zero-order chi connectivity index (χ0) is 11.3. The molecule has 1 rings (SSSR count). The van der Waals surface area contributed by atoms with Gasteiger partial charge in [-0.05, 0) is 44.4 Å². The zero-order valence-electron chi connectivity index (χ0n) is 9.60. The number of nitrogens with zero attached hydrogens (tertiary/aromatic N) is 1. The average Bonchev–Trinajstić information content (AvgIpc) is 2.27. The molecule has 15 heavy (non-hydrogen) atoms. The van der Waals surface area contributed by atoms with E-state index < -0.39 is 6.10 Å². The minimum atomic E-state index is -0.428. The maximum Gasteiger partial charge on any atom is 0.0792 e. The second kappa shape index (κ2) is 5.24. The number of hydrogen-bond acceptors (Lipinski definition) is 3. The van der Waals surface area contributed by atoms with E-state index in [-0.39, 0.29) is 5.60 Å². The second-order valence-electron chi connectivity index (χ2n) is 4.30. The van der Waals surface area contributed by atoms with Crippen molar-refractivity contribution in [3.8, 4) is 0 Å². The van der Waals surface area contributed by atoms with Crippen molar-refractivity contribution in [2.24, 2.45) is 0 Å². The Morgan fingerprint density at radius 2 is 2.00 bits per heavy atom. The molecule has 0 aromatic carbocycles. The predicted molar refractivity (Wildman–Crippen MR) is 59.5 cm³/mol. The second-order valence-corrected chi connectivity index (χ2v) is 4.30. The lowest BCUT2D eigenvalue weighted by Gasteiger charge is -2.24. The molecular formula is C12H19NO2. The number of ether oxygens (including phenoxy) is 1. The number of aliphatic hydroxyl groups is 1. The van der Waals surface area contributed by atoms with E-state index in [1.165, 1.54) is 0 Å². The van der Waals surface area contributed by atoms with Crippen molar-refractivity contribution in [2.45, 2.75) is 38.4 Å². The van der Waals surface area contributed by atoms with E-state index in [1.807, 2.05) is 26.0 Å². The molecule has 1 aromatic heterocycles. The molecule has 0 saturated heterocycles. The molecule has 0 radical (unpaired) electrons. The first-order valence-corrected chi connectivity index (χ1v) is 5.18. The molecule has 1 atom stereocenters. The fourth-order valence-corrected chi connectivity index (χ4v) is 1.34. The molecule has 3 nitrogen and oxygen atoms in total. The van der Waals surface area contributed by atoms with Crippen LogP contribution in [0, 0.1) is 0 Å². The van der Waals surface area contributed by atoms with Gasteiger partial charge in [-0.25, -0.2) is 0 Å². The van der Waals surface area contributed by atoms with Gasteiger partial charge in [-0.3, -0.25) is 4.98 Å². The SMILES string of the molecule is COC(C)(C)CCC(O)c1ccncc1. The summed E-state index contributed by atoms with van der Waals surface area (Å²) in [6.07, 6.45) is 4.49. The molecule has 0 aliphatic heterocycles. The molecule has 1 heterocycles. The van der Waals surface area contributed by atoms with E-state index in [1.54, 1.807) is 19.5 Å². The average molecular weight is 209 g/mol.